The third kappa shape index (κ3) is 1.84. The first-order valence-corrected chi connectivity index (χ1v) is 6.37. The molecule has 0 aromatic carbocycles. The summed E-state index contributed by atoms with van der Waals surface area (Å²) < 4.78 is 0. The van der Waals surface area contributed by atoms with Gasteiger partial charge in [0.15, 0.2) is 0 Å². The van der Waals surface area contributed by atoms with Crippen molar-refractivity contribution in [3.05, 3.63) is 0 Å². The van der Waals surface area contributed by atoms with Crippen LogP contribution in [-0.4, -0.2) is 23.5 Å². The fourth-order valence-electron chi connectivity index (χ4n) is 3.36. The Hall–Kier alpha value is -0.0400. The molecule has 0 aromatic heterocycles. The molecule has 1 nitrogen and oxygen atoms in total. The van der Waals surface area contributed by atoms with Crippen molar-refractivity contribution in [2.75, 3.05) is 13.1 Å². The van der Waals surface area contributed by atoms with E-state index in [-0.39, 0.29) is 0 Å². The van der Waals surface area contributed by atoms with Gasteiger partial charge in [0, 0.05) is 5.54 Å². The number of hydrogen-bond donors (Lipinski definition) is 0. The number of nitrogens with zero attached hydrogens (tertiary/aromatic N) is 1. The van der Waals surface area contributed by atoms with Crippen molar-refractivity contribution in [1.29, 1.82) is 0 Å². The van der Waals surface area contributed by atoms with E-state index in [0.717, 1.165) is 11.8 Å². The summed E-state index contributed by atoms with van der Waals surface area (Å²) in [7, 11) is 0. The second kappa shape index (κ2) is 3.84. The molecule has 1 heterocycles. The predicted molar refractivity (Wildman–Crippen MR) is 61.4 cm³/mol. The first-order chi connectivity index (χ1) is 6.62. The van der Waals surface area contributed by atoms with Gasteiger partial charge in [-0.25, -0.2) is 0 Å². The van der Waals surface area contributed by atoms with Crippen molar-refractivity contribution in [2.45, 2.75) is 58.4 Å². The summed E-state index contributed by atoms with van der Waals surface area (Å²) in [6.45, 7) is 10.1. The van der Waals surface area contributed by atoms with Crippen LogP contribution >= 0.6 is 0 Å². The van der Waals surface area contributed by atoms with Crippen LogP contribution in [-0.2, 0) is 0 Å². The zero-order chi connectivity index (χ0) is 10.2. The second-order valence-corrected chi connectivity index (χ2v) is 5.89. The summed E-state index contributed by atoms with van der Waals surface area (Å²) in [5, 5.41) is 0. The van der Waals surface area contributed by atoms with Gasteiger partial charge in [-0.1, -0.05) is 13.8 Å². The lowest BCUT2D eigenvalue weighted by Crippen LogP contribution is -2.49. The molecule has 0 bridgehead atoms. The molecule has 0 aromatic rings. The minimum absolute atomic E-state index is 0.544. The fraction of sp³-hybridized carbons (Fsp3) is 1.00. The van der Waals surface area contributed by atoms with Gasteiger partial charge in [-0.2, -0.15) is 0 Å². The van der Waals surface area contributed by atoms with Gasteiger partial charge < -0.3 is 0 Å². The van der Waals surface area contributed by atoms with Crippen LogP contribution in [0.25, 0.3) is 0 Å². The van der Waals surface area contributed by atoms with Crippen molar-refractivity contribution < 1.29 is 0 Å². The number of likely N-dealkylation sites (tertiary alicyclic amines) is 1. The van der Waals surface area contributed by atoms with Crippen LogP contribution in [0, 0.1) is 11.8 Å². The highest BCUT2D eigenvalue weighted by Crippen LogP contribution is 2.40. The second-order valence-electron chi connectivity index (χ2n) is 5.89. The Bertz CT molecular complexity index is 195. The van der Waals surface area contributed by atoms with E-state index in [2.05, 4.69) is 25.7 Å². The van der Waals surface area contributed by atoms with E-state index in [9.17, 15) is 0 Å². The molecule has 3 atom stereocenters. The minimum atomic E-state index is 0.544. The standard InChI is InChI=1S/C13H25N/c1-11-6-7-13(3,10-12(11)2)14-8-4-5-9-14/h11-12H,4-10H2,1-3H3/t11-,12+,13-/m1/s1. The van der Waals surface area contributed by atoms with Crippen LogP contribution in [0.4, 0.5) is 0 Å². The van der Waals surface area contributed by atoms with Gasteiger partial charge >= 0.3 is 0 Å². The third-order valence-corrected chi connectivity index (χ3v) is 4.74. The summed E-state index contributed by atoms with van der Waals surface area (Å²) in [6.07, 6.45) is 7.15. The molecule has 0 amide bonds. The molecule has 2 fully saturated rings. The van der Waals surface area contributed by atoms with E-state index in [4.69, 9.17) is 0 Å². The molecular formula is C13H25N. The highest BCUT2D eigenvalue weighted by molar-refractivity contribution is 4.94. The zero-order valence-electron chi connectivity index (χ0n) is 10.1. The summed E-state index contributed by atoms with van der Waals surface area (Å²) in [5.74, 6) is 1.88. The van der Waals surface area contributed by atoms with Crippen LogP contribution in [0.5, 0.6) is 0 Å². The Kier molecular flexibility index (Phi) is 2.88. The Morgan fingerprint density at radius 3 is 2.29 bits per heavy atom. The normalized spacial score (nSPS) is 45.6. The van der Waals surface area contributed by atoms with Gasteiger partial charge in [0.05, 0.1) is 0 Å². The lowest BCUT2D eigenvalue weighted by atomic mass is 9.71. The molecule has 1 aliphatic heterocycles. The maximum absolute atomic E-state index is 2.76. The average Bonchev–Trinajstić information content (AvgIpc) is 2.65. The maximum Gasteiger partial charge on any atom is 0.0184 e. The molecule has 0 radical (unpaired) electrons. The molecule has 2 aliphatic rings. The van der Waals surface area contributed by atoms with Gasteiger partial charge in [-0.15, -0.1) is 0 Å². The molecule has 1 saturated carbocycles. The summed E-state index contributed by atoms with van der Waals surface area (Å²) >= 11 is 0. The van der Waals surface area contributed by atoms with Crippen molar-refractivity contribution >= 4 is 0 Å². The zero-order valence-corrected chi connectivity index (χ0v) is 10.1. The van der Waals surface area contributed by atoms with E-state index in [1.807, 2.05) is 0 Å². The Morgan fingerprint density at radius 1 is 1.07 bits per heavy atom. The summed E-state index contributed by atoms with van der Waals surface area (Å²) in [6, 6.07) is 0. The van der Waals surface area contributed by atoms with Gasteiger partial charge in [-0.05, 0) is 64.0 Å². The lowest BCUT2D eigenvalue weighted by molar-refractivity contribution is 0.0470. The molecule has 14 heavy (non-hydrogen) atoms. The molecule has 1 heteroatoms. The van der Waals surface area contributed by atoms with Crippen LogP contribution in [0.15, 0.2) is 0 Å². The van der Waals surface area contributed by atoms with E-state index in [0.29, 0.717) is 5.54 Å². The van der Waals surface area contributed by atoms with E-state index < -0.39 is 0 Å². The smallest absolute Gasteiger partial charge is 0.0184 e. The molecule has 1 saturated heterocycles. The fourth-order valence-corrected chi connectivity index (χ4v) is 3.36. The van der Waals surface area contributed by atoms with Gasteiger partial charge in [0.2, 0.25) is 0 Å². The van der Waals surface area contributed by atoms with E-state index in [1.54, 1.807) is 0 Å². The number of hydrogen-bond acceptors (Lipinski definition) is 1. The van der Waals surface area contributed by atoms with Crippen molar-refractivity contribution in [1.82, 2.24) is 4.90 Å². The maximum atomic E-state index is 2.76. The lowest BCUT2D eigenvalue weighted by Gasteiger charge is -2.46. The van der Waals surface area contributed by atoms with Crippen molar-refractivity contribution in [3.8, 4) is 0 Å². The first kappa shape index (κ1) is 10.5. The highest BCUT2D eigenvalue weighted by atomic mass is 15.2. The quantitative estimate of drug-likeness (QED) is 0.620. The predicted octanol–water partition coefficient (Wildman–Crippen LogP) is 3.30. The monoisotopic (exact) mass is 195 g/mol. The van der Waals surface area contributed by atoms with Crippen molar-refractivity contribution in [2.24, 2.45) is 11.8 Å². The van der Waals surface area contributed by atoms with Gasteiger partial charge in [-0.3, -0.25) is 4.90 Å². The van der Waals surface area contributed by atoms with E-state index >= 15 is 0 Å². The average molecular weight is 195 g/mol. The summed E-state index contributed by atoms with van der Waals surface area (Å²) in [4.78, 5) is 2.76. The van der Waals surface area contributed by atoms with Crippen LogP contribution in [0.3, 0.4) is 0 Å². The molecule has 0 N–H and O–H groups in total. The molecule has 0 spiro atoms. The number of rotatable bonds is 1. The van der Waals surface area contributed by atoms with Crippen molar-refractivity contribution in [3.63, 3.8) is 0 Å². The molecule has 2 rings (SSSR count). The molecular weight excluding hydrogens is 170 g/mol. The third-order valence-electron chi connectivity index (χ3n) is 4.74. The molecule has 0 unspecified atom stereocenters. The first-order valence-electron chi connectivity index (χ1n) is 6.37. The van der Waals surface area contributed by atoms with Crippen LogP contribution in [0.1, 0.15) is 52.9 Å². The summed E-state index contributed by atoms with van der Waals surface area (Å²) in [5.41, 5.74) is 0.544. The van der Waals surface area contributed by atoms with Crippen LogP contribution in [0.2, 0.25) is 0 Å². The van der Waals surface area contributed by atoms with E-state index in [1.165, 1.54) is 45.2 Å². The Balaban J connectivity index is 2.01. The topological polar surface area (TPSA) is 3.24 Å². The molecule has 82 valence electrons. The Morgan fingerprint density at radius 2 is 1.71 bits per heavy atom. The SMILES string of the molecule is C[C@@H]1CC[C@@](C)(N2CCCC2)C[C@@H]1C. The minimum Gasteiger partial charge on any atom is -0.298 e. The Labute approximate surface area is 88.9 Å². The van der Waals surface area contributed by atoms with Crippen LogP contribution < -0.4 is 0 Å². The largest absolute Gasteiger partial charge is 0.298 e. The highest BCUT2D eigenvalue weighted by Gasteiger charge is 2.39. The van der Waals surface area contributed by atoms with Gasteiger partial charge in [0.1, 0.15) is 0 Å². The van der Waals surface area contributed by atoms with Gasteiger partial charge in [0.25, 0.3) is 0 Å². The molecule has 1 aliphatic carbocycles.